The number of hydrogen-bond donors (Lipinski definition) is 2. The molecule has 1 heterocycles. The third-order valence-corrected chi connectivity index (χ3v) is 4.18. The topological polar surface area (TPSA) is 84.5 Å². The van der Waals surface area contributed by atoms with Crippen LogP contribution in [0.4, 0.5) is 10.1 Å². The van der Waals surface area contributed by atoms with Crippen LogP contribution in [0.2, 0.25) is 0 Å². The summed E-state index contributed by atoms with van der Waals surface area (Å²) in [7, 11) is 0. The van der Waals surface area contributed by atoms with E-state index in [0.29, 0.717) is 10.4 Å². The van der Waals surface area contributed by atoms with E-state index in [2.05, 4.69) is 10.6 Å². The highest BCUT2D eigenvalue weighted by Crippen LogP contribution is 2.14. The lowest BCUT2D eigenvalue weighted by molar-refractivity contribution is -0.146. The molecule has 2 N–H and O–H groups in total. The van der Waals surface area contributed by atoms with Crippen LogP contribution in [-0.2, 0) is 14.3 Å². The van der Waals surface area contributed by atoms with Crippen molar-refractivity contribution in [2.75, 3.05) is 18.5 Å². The molecule has 0 radical (unpaired) electrons. The quantitative estimate of drug-likeness (QED) is 0.771. The molecule has 0 spiro atoms. The van der Waals surface area contributed by atoms with Gasteiger partial charge in [-0.3, -0.25) is 14.4 Å². The fourth-order valence-corrected chi connectivity index (χ4v) is 2.64. The van der Waals surface area contributed by atoms with Gasteiger partial charge in [-0.1, -0.05) is 6.07 Å². The van der Waals surface area contributed by atoms with E-state index in [0.717, 1.165) is 4.88 Å². The average Bonchev–Trinajstić information content (AvgIpc) is 3.00. The Balaban J connectivity index is 1.72. The minimum Gasteiger partial charge on any atom is -0.454 e. The second-order valence-electron chi connectivity index (χ2n) is 5.27. The van der Waals surface area contributed by atoms with Crippen LogP contribution in [0, 0.1) is 19.7 Å². The van der Waals surface area contributed by atoms with E-state index in [4.69, 9.17) is 4.74 Å². The van der Waals surface area contributed by atoms with E-state index in [1.807, 2.05) is 6.92 Å². The van der Waals surface area contributed by atoms with Gasteiger partial charge in [0.2, 0.25) is 0 Å². The van der Waals surface area contributed by atoms with Crippen LogP contribution in [0.1, 0.15) is 20.1 Å². The Bertz CT molecular complexity index is 804. The number of carbonyl (C=O) groups excluding carboxylic acids is 3. The van der Waals surface area contributed by atoms with Gasteiger partial charge < -0.3 is 15.4 Å². The highest BCUT2D eigenvalue weighted by atomic mass is 32.1. The fraction of sp³-hybridized carbons (Fsp3) is 0.235. The van der Waals surface area contributed by atoms with Crippen molar-refractivity contribution in [1.29, 1.82) is 0 Å². The molecule has 2 rings (SSSR count). The third-order valence-electron chi connectivity index (χ3n) is 3.18. The summed E-state index contributed by atoms with van der Waals surface area (Å²) in [4.78, 5) is 36.5. The highest BCUT2D eigenvalue weighted by molar-refractivity contribution is 7.13. The van der Waals surface area contributed by atoms with E-state index >= 15 is 0 Å². The summed E-state index contributed by atoms with van der Waals surface area (Å²) in [6.45, 7) is 2.60. The first-order valence-corrected chi connectivity index (χ1v) is 8.23. The molecule has 1 aromatic heterocycles. The summed E-state index contributed by atoms with van der Waals surface area (Å²) in [5.74, 6) is -2.17. The number of carbonyl (C=O) groups is 3. The predicted octanol–water partition coefficient (Wildman–Crippen LogP) is 2.42. The zero-order valence-corrected chi connectivity index (χ0v) is 14.5. The molecule has 2 amide bonds. The van der Waals surface area contributed by atoms with Crippen LogP contribution < -0.4 is 10.6 Å². The van der Waals surface area contributed by atoms with E-state index in [1.165, 1.54) is 23.5 Å². The lowest BCUT2D eigenvalue weighted by Crippen LogP contribution is -2.31. The number of hydrogen-bond acceptors (Lipinski definition) is 5. The van der Waals surface area contributed by atoms with Crippen molar-refractivity contribution in [3.8, 4) is 0 Å². The number of rotatable bonds is 6. The number of esters is 1. The molecule has 0 aliphatic rings. The van der Waals surface area contributed by atoms with Gasteiger partial charge >= 0.3 is 5.97 Å². The van der Waals surface area contributed by atoms with Crippen LogP contribution >= 0.6 is 11.3 Å². The fourth-order valence-electron chi connectivity index (χ4n) is 1.86. The highest BCUT2D eigenvalue weighted by Gasteiger charge is 2.12. The molecule has 0 fully saturated rings. The molecule has 0 atom stereocenters. The van der Waals surface area contributed by atoms with Crippen LogP contribution in [-0.4, -0.2) is 30.9 Å². The van der Waals surface area contributed by atoms with E-state index < -0.39 is 24.3 Å². The van der Waals surface area contributed by atoms with Crippen LogP contribution in [0.25, 0.3) is 0 Å². The van der Waals surface area contributed by atoms with E-state index in [9.17, 15) is 18.8 Å². The molecule has 132 valence electrons. The Morgan fingerprint density at radius 1 is 1.16 bits per heavy atom. The number of amides is 2. The zero-order chi connectivity index (χ0) is 18.4. The number of thiophene rings is 1. The van der Waals surface area contributed by atoms with Gasteiger partial charge in [-0.25, -0.2) is 4.39 Å². The van der Waals surface area contributed by atoms with E-state index in [1.54, 1.807) is 25.1 Å². The maximum atomic E-state index is 13.4. The molecule has 0 saturated carbocycles. The Kier molecular flexibility index (Phi) is 6.24. The zero-order valence-electron chi connectivity index (χ0n) is 13.7. The maximum Gasteiger partial charge on any atom is 0.325 e. The number of nitrogens with one attached hydrogen (secondary N) is 2. The smallest absolute Gasteiger partial charge is 0.325 e. The number of anilines is 1. The standard InChI is InChI=1S/C17H17FN2O4S/c1-10-3-5-12(7-13(10)18)20-15(21)9-24-16(22)8-19-17(23)14-6-4-11(2)25-14/h3-7H,8-9H2,1-2H3,(H,19,23)(H,20,21). The lowest BCUT2D eigenvalue weighted by Gasteiger charge is -2.08. The molecule has 8 heteroatoms. The molecule has 25 heavy (non-hydrogen) atoms. The number of halogens is 1. The van der Waals surface area contributed by atoms with Gasteiger partial charge in [-0.05, 0) is 43.7 Å². The number of benzene rings is 1. The van der Waals surface area contributed by atoms with Crippen molar-refractivity contribution in [2.45, 2.75) is 13.8 Å². The molecular formula is C17H17FN2O4S. The largest absolute Gasteiger partial charge is 0.454 e. The Hall–Kier alpha value is -2.74. The van der Waals surface area contributed by atoms with Crippen molar-refractivity contribution in [3.63, 3.8) is 0 Å². The van der Waals surface area contributed by atoms with Crippen molar-refractivity contribution >= 4 is 34.8 Å². The minimum absolute atomic E-state index is 0.269. The first-order valence-electron chi connectivity index (χ1n) is 7.41. The number of aryl methyl sites for hydroxylation is 2. The van der Waals surface area contributed by atoms with Crippen LogP contribution in [0.5, 0.6) is 0 Å². The van der Waals surface area contributed by atoms with Gasteiger partial charge in [-0.2, -0.15) is 0 Å². The second-order valence-corrected chi connectivity index (χ2v) is 6.55. The van der Waals surface area contributed by atoms with Crippen molar-refractivity contribution in [3.05, 3.63) is 51.5 Å². The summed E-state index contributed by atoms with van der Waals surface area (Å²) < 4.78 is 18.2. The van der Waals surface area contributed by atoms with Crippen molar-refractivity contribution in [1.82, 2.24) is 5.32 Å². The van der Waals surface area contributed by atoms with Gasteiger partial charge in [0.1, 0.15) is 12.4 Å². The molecule has 2 aromatic rings. The first-order chi connectivity index (χ1) is 11.8. The maximum absolute atomic E-state index is 13.4. The van der Waals surface area contributed by atoms with E-state index in [-0.39, 0.29) is 18.1 Å². The summed E-state index contributed by atoms with van der Waals surface area (Å²) in [6, 6.07) is 7.71. The van der Waals surface area contributed by atoms with Gasteiger partial charge in [0.15, 0.2) is 6.61 Å². The molecule has 0 aliphatic carbocycles. The summed E-state index contributed by atoms with van der Waals surface area (Å²) >= 11 is 1.31. The summed E-state index contributed by atoms with van der Waals surface area (Å²) in [5, 5.41) is 4.83. The molecule has 0 unspecified atom stereocenters. The van der Waals surface area contributed by atoms with Crippen molar-refractivity contribution < 1.29 is 23.5 Å². The van der Waals surface area contributed by atoms with Gasteiger partial charge in [0.05, 0.1) is 4.88 Å². The second kappa shape index (κ2) is 8.39. The van der Waals surface area contributed by atoms with Crippen LogP contribution in [0.3, 0.4) is 0 Å². The lowest BCUT2D eigenvalue weighted by atomic mass is 10.2. The molecule has 0 bridgehead atoms. The molecule has 1 aromatic carbocycles. The summed E-state index contributed by atoms with van der Waals surface area (Å²) in [6.07, 6.45) is 0. The molecule has 6 nitrogen and oxygen atoms in total. The molecule has 0 saturated heterocycles. The molecule has 0 aliphatic heterocycles. The van der Waals surface area contributed by atoms with Crippen LogP contribution in [0.15, 0.2) is 30.3 Å². The van der Waals surface area contributed by atoms with Gasteiger partial charge in [0, 0.05) is 10.6 Å². The minimum atomic E-state index is -0.744. The van der Waals surface area contributed by atoms with Gasteiger partial charge in [-0.15, -0.1) is 11.3 Å². The first kappa shape index (κ1) is 18.6. The Morgan fingerprint density at radius 2 is 1.92 bits per heavy atom. The monoisotopic (exact) mass is 364 g/mol. The predicted molar refractivity (Wildman–Crippen MR) is 92.1 cm³/mol. The normalized spacial score (nSPS) is 10.2. The average molecular weight is 364 g/mol. The SMILES string of the molecule is Cc1ccc(C(=O)NCC(=O)OCC(=O)Nc2ccc(C)c(F)c2)s1. The molecular weight excluding hydrogens is 347 g/mol. The number of ether oxygens (including phenoxy) is 1. The Labute approximate surface area is 148 Å². The third kappa shape index (κ3) is 5.68. The summed E-state index contributed by atoms with van der Waals surface area (Å²) in [5.41, 5.74) is 0.728. The Morgan fingerprint density at radius 3 is 2.56 bits per heavy atom. The van der Waals surface area contributed by atoms with Gasteiger partial charge in [0.25, 0.3) is 11.8 Å². The van der Waals surface area contributed by atoms with Crippen molar-refractivity contribution in [2.24, 2.45) is 0 Å².